The first-order valence-corrected chi connectivity index (χ1v) is 7.42. The topological polar surface area (TPSA) is 82.8 Å². The zero-order chi connectivity index (χ0) is 15.5. The number of hydrogen-bond acceptors (Lipinski definition) is 7. The van der Waals surface area contributed by atoms with Gasteiger partial charge in [-0.1, -0.05) is 21.3 Å². The Kier molecular flexibility index (Phi) is 4.12. The van der Waals surface area contributed by atoms with Crippen molar-refractivity contribution in [1.82, 2.24) is 24.6 Å². The highest BCUT2D eigenvalue weighted by Crippen LogP contribution is 2.14. The van der Waals surface area contributed by atoms with Gasteiger partial charge in [-0.25, -0.2) is 9.48 Å². The molecule has 0 saturated heterocycles. The minimum absolute atomic E-state index is 0.0315. The number of ether oxygens (including phenoxy) is 1. The molecule has 112 valence electrons. The molecule has 0 bridgehead atoms. The molecule has 3 aromatic rings. The molecule has 2 aromatic heterocycles. The average molecular weight is 336 g/mol. The van der Waals surface area contributed by atoms with Crippen LogP contribution in [-0.4, -0.2) is 30.6 Å². The third kappa shape index (κ3) is 3.12. The van der Waals surface area contributed by atoms with Crippen LogP contribution in [0.1, 0.15) is 21.1 Å². The molecule has 0 radical (unpaired) electrons. The summed E-state index contributed by atoms with van der Waals surface area (Å²) in [4.78, 5) is 12.2. The Morgan fingerprint density at radius 2 is 2.09 bits per heavy atom. The summed E-state index contributed by atoms with van der Waals surface area (Å²) in [6, 6.07) is 7.16. The second-order valence-corrected chi connectivity index (χ2v) is 5.59. The standard InChI is InChI=1S/C13H10ClN5O2S/c1-8-12(22-18-15-8)13(20)21-7-10-6-19(17-16-10)11-4-2-9(14)3-5-11/h2-6H,7H2,1H3. The quantitative estimate of drug-likeness (QED) is 0.681. The van der Waals surface area contributed by atoms with Crippen LogP contribution in [0.2, 0.25) is 5.02 Å². The molecule has 9 heteroatoms. The predicted molar refractivity (Wildman–Crippen MR) is 80.1 cm³/mol. The van der Waals surface area contributed by atoms with E-state index in [1.807, 2.05) is 12.1 Å². The maximum Gasteiger partial charge on any atom is 0.352 e. The number of hydrogen-bond donors (Lipinski definition) is 0. The number of rotatable bonds is 4. The van der Waals surface area contributed by atoms with E-state index < -0.39 is 5.97 Å². The van der Waals surface area contributed by atoms with Gasteiger partial charge in [-0.2, -0.15) is 0 Å². The smallest absolute Gasteiger partial charge is 0.352 e. The van der Waals surface area contributed by atoms with Crippen LogP contribution < -0.4 is 0 Å². The molecule has 22 heavy (non-hydrogen) atoms. The fourth-order valence-electron chi connectivity index (χ4n) is 1.71. The summed E-state index contributed by atoms with van der Waals surface area (Å²) in [5.74, 6) is -0.464. The molecule has 0 aliphatic carbocycles. The lowest BCUT2D eigenvalue weighted by Gasteiger charge is -2.00. The lowest BCUT2D eigenvalue weighted by molar-refractivity contribution is 0.0472. The van der Waals surface area contributed by atoms with E-state index in [-0.39, 0.29) is 6.61 Å². The van der Waals surface area contributed by atoms with Crippen molar-refractivity contribution in [3.63, 3.8) is 0 Å². The van der Waals surface area contributed by atoms with Crippen molar-refractivity contribution in [3.8, 4) is 5.69 Å². The normalized spacial score (nSPS) is 10.6. The van der Waals surface area contributed by atoms with Gasteiger partial charge in [0.25, 0.3) is 0 Å². The molecule has 0 amide bonds. The van der Waals surface area contributed by atoms with Gasteiger partial charge < -0.3 is 4.74 Å². The number of esters is 1. The molecule has 7 nitrogen and oxygen atoms in total. The van der Waals surface area contributed by atoms with Crippen molar-refractivity contribution >= 4 is 29.1 Å². The van der Waals surface area contributed by atoms with Crippen molar-refractivity contribution in [2.45, 2.75) is 13.5 Å². The van der Waals surface area contributed by atoms with E-state index in [4.69, 9.17) is 16.3 Å². The molecule has 0 aliphatic rings. The van der Waals surface area contributed by atoms with E-state index in [1.165, 1.54) is 0 Å². The Balaban J connectivity index is 1.66. The van der Waals surface area contributed by atoms with Gasteiger partial charge in [0.15, 0.2) is 4.88 Å². The minimum atomic E-state index is -0.464. The van der Waals surface area contributed by atoms with E-state index in [0.29, 0.717) is 21.3 Å². The van der Waals surface area contributed by atoms with Gasteiger partial charge in [0, 0.05) is 5.02 Å². The van der Waals surface area contributed by atoms with Crippen molar-refractivity contribution in [3.05, 3.63) is 51.7 Å². The van der Waals surface area contributed by atoms with Gasteiger partial charge >= 0.3 is 5.97 Å². The van der Waals surface area contributed by atoms with Crippen LogP contribution in [0.5, 0.6) is 0 Å². The third-order valence-corrected chi connectivity index (χ3v) is 3.88. The highest BCUT2D eigenvalue weighted by molar-refractivity contribution is 7.07. The van der Waals surface area contributed by atoms with Crippen LogP contribution in [0.3, 0.4) is 0 Å². The number of aromatic nitrogens is 5. The summed E-state index contributed by atoms with van der Waals surface area (Å²) in [7, 11) is 0. The molecule has 0 aliphatic heterocycles. The van der Waals surface area contributed by atoms with Gasteiger partial charge in [-0.3, -0.25) is 0 Å². The first kappa shape index (κ1) is 14.6. The zero-order valence-corrected chi connectivity index (χ0v) is 13.0. The highest BCUT2D eigenvalue weighted by Gasteiger charge is 2.15. The lowest BCUT2D eigenvalue weighted by atomic mass is 10.3. The molecule has 0 N–H and O–H groups in total. The van der Waals surface area contributed by atoms with Crippen molar-refractivity contribution in [2.75, 3.05) is 0 Å². The number of benzene rings is 1. The highest BCUT2D eigenvalue weighted by atomic mass is 35.5. The zero-order valence-electron chi connectivity index (χ0n) is 11.4. The van der Waals surface area contributed by atoms with Crippen LogP contribution in [0, 0.1) is 6.92 Å². The van der Waals surface area contributed by atoms with E-state index in [2.05, 4.69) is 19.9 Å². The van der Waals surface area contributed by atoms with Gasteiger partial charge in [0.05, 0.1) is 17.6 Å². The Bertz CT molecular complexity index is 799. The maximum atomic E-state index is 11.9. The summed E-state index contributed by atoms with van der Waals surface area (Å²) in [6.45, 7) is 1.74. The van der Waals surface area contributed by atoms with Crippen LogP contribution in [0.4, 0.5) is 0 Å². The minimum Gasteiger partial charge on any atom is -0.455 e. The Morgan fingerprint density at radius 3 is 2.77 bits per heavy atom. The van der Waals surface area contributed by atoms with Crippen molar-refractivity contribution in [2.24, 2.45) is 0 Å². The molecule has 0 atom stereocenters. The lowest BCUT2D eigenvalue weighted by Crippen LogP contribution is -2.05. The second kappa shape index (κ2) is 6.20. The first-order valence-electron chi connectivity index (χ1n) is 6.27. The predicted octanol–water partition coefficient (Wildman–Crippen LogP) is 2.44. The Morgan fingerprint density at radius 1 is 1.32 bits per heavy atom. The Labute approximate surface area is 134 Å². The van der Waals surface area contributed by atoms with E-state index >= 15 is 0 Å². The molecule has 0 spiro atoms. The van der Waals surface area contributed by atoms with Crippen molar-refractivity contribution in [1.29, 1.82) is 0 Å². The van der Waals surface area contributed by atoms with Crippen molar-refractivity contribution < 1.29 is 9.53 Å². The third-order valence-electron chi connectivity index (χ3n) is 2.82. The Hall–Kier alpha value is -2.32. The molecule has 1 aromatic carbocycles. The van der Waals surface area contributed by atoms with Gasteiger partial charge in [0.1, 0.15) is 12.3 Å². The molecule has 3 rings (SSSR count). The van der Waals surface area contributed by atoms with Crippen LogP contribution in [0.25, 0.3) is 5.69 Å². The van der Waals surface area contributed by atoms with E-state index in [9.17, 15) is 4.79 Å². The first-order chi connectivity index (χ1) is 10.6. The number of aryl methyl sites for hydroxylation is 1. The van der Waals surface area contributed by atoms with Crippen LogP contribution >= 0.6 is 23.1 Å². The van der Waals surface area contributed by atoms with Gasteiger partial charge in [0.2, 0.25) is 0 Å². The fraction of sp³-hybridized carbons (Fsp3) is 0.154. The number of carbonyl (C=O) groups excluding carboxylic acids is 1. The summed E-state index contributed by atoms with van der Waals surface area (Å²) >= 11 is 6.85. The summed E-state index contributed by atoms with van der Waals surface area (Å²) in [6.07, 6.45) is 1.69. The molecule has 0 fully saturated rings. The SMILES string of the molecule is Cc1nnsc1C(=O)OCc1cn(-c2ccc(Cl)cc2)nn1. The van der Waals surface area contributed by atoms with Crippen LogP contribution in [0.15, 0.2) is 30.5 Å². The number of halogens is 1. The van der Waals surface area contributed by atoms with E-state index in [0.717, 1.165) is 17.2 Å². The second-order valence-electron chi connectivity index (χ2n) is 4.39. The summed E-state index contributed by atoms with van der Waals surface area (Å²) < 4.78 is 10.5. The summed E-state index contributed by atoms with van der Waals surface area (Å²) in [5.41, 5.74) is 1.91. The average Bonchev–Trinajstić information content (AvgIpc) is 3.14. The monoisotopic (exact) mass is 335 g/mol. The molecular formula is C13H10ClN5O2S. The van der Waals surface area contributed by atoms with Gasteiger partial charge in [-0.15, -0.1) is 10.2 Å². The van der Waals surface area contributed by atoms with Crippen LogP contribution in [-0.2, 0) is 11.3 Å². The molecule has 0 unspecified atom stereocenters. The molecule has 2 heterocycles. The maximum absolute atomic E-state index is 11.9. The number of nitrogens with zero attached hydrogens (tertiary/aromatic N) is 5. The molecule has 0 saturated carbocycles. The van der Waals surface area contributed by atoms with E-state index in [1.54, 1.807) is 29.9 Å². The summed E-state index contributed by atoms with van der Waals surface area (Å²) in [5, 5.41) is 12.4. The largest absolute Gasteiger partial charge is 0.455 e. The molecular weight excluding hydrogens is 326 g/mol. The number of carbonyl (C=O) groups is 1. The fourth-order valence-corrected chi connectivity index (χ4v) is 2.39. The van der Waals surface area contributed by atoms with Gasteiger partial charge in [-0.05, 0) is 42.7 Å².